The van der Waals surface area contributed by atoms with Crippen LogP contribution in [0, 0.1) is 5.92 Å². The van der Waals surface area contributed by atoms with Crippen molar-refractivity contribution in [2.24, 2.45) is 5.92 Å². The minimum atomic E-state index is -3.46. The molecule has 0 atom stereocenters. The van der Waals surface area contributed by atoms with Crippen molar-refractivity contribution in [1.29, 1.82) is 0 Å². The number of sulfonamides is 1. The molecule has 0 saturated heterocycles. The van der Waals surface area contributed by atoms with Crippen LogP contribution in [-0.2, 0) is 10.0 Å². The Kier molecular flexibility index (Phi) is 3.77. The molecule has 0 bridgehead atoms. The van der Waals surface area contributed by atoms with Crippen LogP contribution in [-0.4, -0.2) is 29.2 Å². The lowest BCUT2D eigenvalue weighted by Gasteiger charge is -2.10. The van der Waals surface area contributed by atoms with Crippen LogP contribution in [0.5, 0.6) is 11.5 Å². The second-order valence-electron chi connectivity index (χ2n) is 4.31. The molecule has 1 fully saturated rings. The van der Waals surface area contributed by atoms with Gasteiger partial charge < -0.3 is 9.47 Å². The fraction of sp³-hybridized carbons (Fsp3) is 0.500. The van der Waals surface area contributed by atoms with Crippen molar-refractivity contribution in [1.82, 2.24) is 4.72 Å². The molecule has 1 aliphatic carbocycles. The van der Waals surface area contributed by atoms with E-state index in [1.165, 1.54) is 26.4 Å². The molecule has 100 valence electrons. The maximum Gasteiger partial charge on any atom is 0.240 e. The first-order valence-electron chi connectivity index (χ1n) is 5.78. The number of hydrogen-bond acceptors (Lipinski definition) is 4. The molecule has 1 aromatic carbocycles. The first kappa shape index (κ1) is 13.2. The summed E-state index contributed by atoms with van der Waals surface area (Å²) in [6, 6.07) is 4.56. The third-order valence-corrected chi connectivity index (χ3v) is 4.35. The molecule has 0 aliphatic heterocycles. The zero-order chi connectivity index (χ0) is 13.2. The van der Waals surface area contributed by atoms with Gasteiger partial charge in [0, 0.05) is 12.6 Å². The van der Waals surface area contributed by atoms with Gasteiger partial charge in [0.25, 0.3) is 0 Å². The minimum absolute atomic E-state index is 0.195. The van der Waals surface area contributed by atoms with Crippen molar-refractivity contribution in [2.75, 3.05) is 20.8 Å². The smallest absolute Gasteiger partial charge is 0.240 e. The lowest BCUT2D eigenvalue weighted by molar-refractivity contribution is 0.354. The average Bonchev–Trinajstić information content (AvgIpc) is 3.19. The molecule has 1 saturated carbocycles. The summed E-state index contributed by atoms with van der Waals surface area (Å²) in [5.74, 6) is 1.42. The monoisotopic (exact) mass is 271 g/mol. The Morgan fingerprint density at radius 1 is 1.22 bits per heavy atom. The maximum atomic E-state index is 12.0. The fourth-order valence-corrected chi connectivity index (χ4v) is 2.75. The molecule has 0 amide bonds. The highest BCUT2D eigenvalue weighted by atomic mass is 32.2. The van der Waals surface area contributed by atoms with E-state index in [0.29, 0.717) is 24.0 Å². The van der Waals surface area contributed by atoms with E-state index in [1.54, 1.807) is 6.07 Å². The van der Waals surface area contributed by atoms with Gasteiger partial charge in [0.1, 0.15) is 0 Å². The number of benzene rings is 1. The zero-order valence-electron chi connectivity index (χ0n) is 10.5. The van der Waals surface area contributed by atoms with Crippen molar-refractivity contribution in [3.63, 3.8) is 0 Å². The van der Waals surface area contributed by atoms with E-state index in [-0.39, 0.29) is 4.90 Å². The molecule has 0 aromatic heterocycles. The quantitative estimate of drug-likeness (QED) is 0.849. The maximum absolute atomic E-state index is 12.0. The number of rotatable bonds is 6. The van der Waals surface area contributed by atoms with Crippen LogP contribution >= 0.6 is 0 Å². The normalized spacial score (nSPS) is 15.4. The summed E-state index contributed by atoms with van der Waals surface area (Å²) in [7, 11) is -0.469. The Hall–Kier alpha value is -1.27. The van der Waals surface area contributed by atoms with Crippen molar-refractivity contribution >= 4 is 10.0 Å². The predicted molar refractivity (Wildman–Crippen MR) is 67.5 cm³/mol. The standard InChI is InChI=1S/C12H17NO4S/c1-16-11-6-5-10(7-12(11)17-2)18(14,15)13-8-9-3-4-9/h5-7,9,13H,3-4,8H2,1-2H3. The van der Waals surface area contributed by atoms with Gasteiger partial charge in [-0.15, -0.1) is 0 Å². The molecular weight excluding hydrogens is 254 g/mol. The van der Waals surface area contributed by atoms with Crippen LogP contribution < -0.4 is 14.2 Å². The number of methoxy groups -OCH3 is 2. The van der Waals surface area contributed by atoms with Crippen LogP contribution in [0.2, 0.25) is 0 Å². The highest BCUT2D eigenvalue weighted by Gasteiger charge is 2.24. The van der Waals surface area contributed by atoms with Crippen LogP contribution in [0.15, 0.2) is 23.1 Å². The topological polar surface area (TPSA) is 64.6 Å². The molecule has 6 heteroatoms. The predicted octanol–water partition coefficient (Wildman–Crippen LogP) is 1.39. The van der Waals surface area contributed by atoms with E-state index in [0.717, 1.165) is 12.8 Å². The van der Waals surface area contributed by atoms with Gasteiger partial charge >= 0.3 is 0 Å². The van der Waals surface area contributed by atoms with Gasteiger partial charge in [0.05, 0.1) is 19.1 Å². The molecule has 1 aliphatic rings. The molecule has 0 radical (unpaired) electrons. The van der Waals surface area contributed by atoms with Gasteiger partial charge in [-0.1, -0.05) is 0 Å². The number of hydrogen-bond donors (Lipinski definition) is 1. The highest BCUT2D eigenvalue weighted by Crippen LogP contribution is 2.30. The van der Waals surface area contributed by atoms with E-state index < -0.39 is 10.0 Å². The Morgan fingerprint density at radius 2 is 1.89 bits per heavy atom. The second kappa shape index (κ2) is 5.16. The van der Waals surface area contributed by atoms with Crippen molar-refractivity contribution in [2.45, 2.75) is 17.7 Å². The summed E-state index contributed by atoms with van der Waals surface area (Å²) in [6.45, 7) is 0.511. The van der Waals surface area contributed by atoms with Gasteiger partial charge in [0.15, 0.2) is 11.5 Å². The van der Waals surface area contributed by atoms with E-state index in [9.17, 15) is 8.42 Å². The summed E-state index contributed by atoms with van der Waals surface area (Å²) in [6.07, 6.45) is 2.21. The number of nitrogens with one attached hydrogen (secondary N) is 1. The van der Waals surface area contributed by atoms with Crippen LogP contribution in [0.1, 0.15) is 12.8 Å². The van der Waals surface area contributed by atoms with Gasteiger partial charge in [-0.05, 0) is 30.9 Å². The summed E-state index contributed by atoms with van der Waals surface area (Å²) >= 11 is 0. The molecule has 0 unspecified atom stereocenters. The van der Waals surface area contributed by atoms with Crippen LogP contribution in [0.25, 0.3) is 0 Å². The SMILES string of the molecule is COc1ccc(S(=O)(=O)NCC2CC2)cc1OC. The fourth-order valence-electron chi connectivity index (χ4n) is 1.62. The van der Waals surface area contributed by atoms with Crippen molar-refractivity contribution in [3.8, 4) is 11.5 Å². The van der Waals surface area contributed by atoms with Crippen molar-refractivity contribution in [3.05, 3.63) is 18.2 Å². The van der Waals surface area contributed by atoms with E-state index in [1.807, 2.05) is 0 Å². The van der Waals surface area contributed by atoms with Gasteiger partial charge in [-0.3, -0.25) is 0 Å². The van der Waals surface area contributed by atoms with Gasteiger partial charge in [-0.25, -0.2) is 13.1 Å². The lowest BCUT2D eigenvalue weighted by atomic mass is 10.3. The van der Waals surface area contributed by atoms with Gasteiger partial charge in [0.2, 0.25) is 10.0 Å². The minimum Gasteiger partial charge on any atom is -0.493 e. The second-order valence-corrected chi connectivity index (χ2v) is 6.08. The molecule has 5 nitrogen and oxygen atoms in total. The van der Waals surface area contributed by atoms with Crippen LogP contribution in [0.4, 0.5) is 0 Å². The summed E-state index contributed by atoms with van der Waals surface area (Å²) in [4.78, 5) is 0.195. The Bertz CT molecular complexity index is 523. The lowest BCUT2D eigenvalue weighted by Crippen LogP contribution is -2.25. The molecule has 2 rings (SSSR count). The van der Waals surface area contributed by atoms with E-state index in [4.69, 9.17) is 9.47 Å². The Balaban J connectivity index is 2.20. The number of ether oxygens (including phenoxy) is 2. The first-order chi connectivity index (χ1) is 8.56. The van der Waals surface area contributed by atoms with Crippen LogP contribution in [0.3, 0.4) is 0 Å². The molecule has 1 N–H and O–H groups in total. The third-order valence-electron chi connectivity index (χ3n) is 2.92. The summed E-state index contributed by atoms with van der Waals surface area (Å²) in [5, 5.41) is 0. The highest BCUT2D eigenvalue weighted by molar-refractivity contribution is 7.89. The Labute approximate surface area is 107 Å². The third kappa shape index (κ3) is 2.94. The van der Waals surface area contributed by atoms with E-state index in [2.05, 4.69) is 4.72 Å². The molecule has 1 aromatic rings. The first-order valence-corrected chi connectivity index (χ1v) is 7.27. The molecule has 0 heterocycles. The summed E-state index contributed by atoms with van der Waals surface area (Å²) < 4.78 is 36.8. The zero-order valence-corrected chi connectivity index (χ0v) is 11.3. The van der Waals surface area contributed by atoms with E-state index >= 15 is 0 Å². The molecule has 0 spiro atoms. The van der Waals surface area contributed by atoms with Gasteiger partial charge in [-0.2, -0.15) is 0 Å². The molecular formula is C12H17NO4S. The summed E-state index contributed by atoms with van der Waals surface area (Å²) in [5.41, 5.74) is 0. The largest absolute Gasteiger partial charge is 0.493 e. The molecule has 18 heavy (non-hydrogen) atoms. The average molecular weight is 271 g/mol. The Morgan fingerprint density at radius 3 is 2.44 bits per heavy atom. The van der Waals surface area contributed by atoms with Crippen molar-refractivity contribution < 1.29 is 17.9 Å².